The Morgan fingerprint density at radius 3 is 2.93 bits per heavy atom. The van der Waals surface area contributed by atoms with Gasteiger partial charge in [-0.25, -0.2) is 4.79 Å². The van der Waals surface area contributed by atoms with Crippen molar-refractivity contribution in [2.24, 2.45) is 0 Å². The summed E-state index contributed by atoms with van der Waals surface area (Å²) in [5.74, 6) is 0.105. The Kier molecular flexibility index (Phi) is 4.45. The predicted octanol–water partition coefficient (Wildman–Crippen LogP) is 1.14. The van der Waals surface area contributed by atoms with Crippen LogP contribution in [0, 0.1) is 0 Å². The Morgan fingerprint density at radius 1 is 1.60 bits per heavy atom. The van der Waals surface area contributed by atoms with E-state index < -0.39 is 5.97 Å². The van der Waals surface area contributed by atoms with Crippen molar-refractivity contribution in [3.63, 3.8) is 0 Å². The minimum atomic E-state index is -0.445. The highest BCUT2D eigenvalue weighted by atomic mass is 32.2. The van der Waals surface area contributed by atoms with Crippen LogP contribution < -0.4 is 5.73 Å². The Balaban J connectivity index is 2.95. The zero-order valence-corrected chi connectivity index (χ0v) is 9.21. The third kappa shape index (κ3) is 2.87. The molecular weight excluding hydrogens is 214 g/mol. The number of nitrogen functional groups attached to an aromatic ring is 1. The fourth-order valence-electron chi connectivity index (χ4n) is 1.11. The quantitative estimate of drug-likeness (QED) is 0.458. The van der Waals surface area contributed by atoms with E-state index in [1.54, 1.807) is 12.1 Å². The number of anilines is 1. The first kappa shape index (κ1) is 11.9. The molecule has 0 radical (unpaired) electrons. The van der Waals surface area contributed by atoms with E-state index >= 15 is 0 Å². The summed E-state index contributed by atoms with van der Waals surface area (Å²) < 4.78 is 4.60. The molecule has 0 saturated carbocycles. The zero-order valence-electron chi connectivity index (χ0n) is 8.40. The maximum atomic E-state index is 11.3. The first-order chi connectivity index (χ1) is 7.20. The van der Waals surface area contributed by atoms with E-state index in [4.69, 9.17) is 10.8 Å². The average molecular weight is 227 g/mol. The number of benzene rings is 1. The third-order valence-electron chi connectivity index (χ3n) is 1.82. The number of ether oxygens (including phenoxy) is 1. The van der Waals surface area contributed by atoms with Crippen LogP contribution in [0.5, 0.6) is 0 Å². The minimum absolute atomic E-state index is 0.0760. The van der Waals surface area contributed by atoms with Gasteiger partial charge in [0.1, 0.15) is 0 Å². The Labute approximate surface area is 92.4 Å². The number of nitrogens with two attached hydrogens (primary N) is 1. The van der Waals surface area contributed by atoms with E-state index in [1.165, 1.54) is 18.9 Å². The van der Waals surface area contributed by atoms with Gasteiger partial charge in [-0.3, -0.25) is 0 Å². The third-order valence-corrected chi connectivity index (χ3v) is 2.87. The van der Waals surface area contributed by atoms with Crippen molar-refractivity contribution >= 4 is 23.4 Å². The van der Waals surface area contributed by atoms with Crippen molar-refractivity contribution in [1.82, 2.24) is 0 Å². The van der Waals surface area contributed by atoms with Gasteiger partial charge in [0, 0.05) is 10.6 Å². The molecule has 0 aliphatic heterocycles. The van der Waals surface area contributed by atoms with Gasteiger partial charge in [-0.15, -0.1) is 11.8 Å². The molecule has 82 valence electrons. The largest absolute Gasteiger partial charge is 0.465 e. The zero-order chi connectivity index (χ0) is 11.3. The molecule has 0 aliphatic rings. The van der Waals surface area contributed by atoms with Gasteiger partial charge in [-0.1, -0.05) is 6.07 Å². The van der Waals surface area contributed by atoms with Crippen molar-refractivity contribution in [1.29, 1.82) is 0 Å². The van der Waals surface area contributed by atoms with Crippen molar-refractivity contribution < 1.29 is 14.6 Å². The van der Waals surface area contributed by atoms with Crippen LogP contribution in [0.25, 0.3) is 0 Å². The summed E-state index contributed by atoms with van der Waals surface area (Å²) in [6.45, 7) is 0.0760. The number of hydrogen-bond donors (Lipinski definition) is 2. The number of carbonyl (C=O) groups is 1. The van der Waals surface area contributed by atoms with Gasteiger partial charge in [-0.2, -0.15) is 0 Å². The average Bonchev–Trinajstić information content (AvgIpc) is 2.27. The van der Waals surface area contributed by atoms with E-state index in [9.17, 15) is 4.79 Å². The maximum Gasteiger partial charge on any atom is 0.339 e. The van der Waals surface area contributed by atoms with Crippen molar-refractivity contribution in [3.05, 3.63) is 23.8 Å². The molecule has 5 heteroatoms. The molecule has 1 rings (SSSR count). The molecule has 4 nitrogen and oxygen atoms in total. The summed E-state index contributed by atoms with van der Waals surface area (Å²) >= 11 is 1.41. The van der Waals surface area contributed by atoms with Crippen LogP contribution in [0.4, 0.5) is 5.69 Å². The molecule has 0 heterocycles. The summed E-state index contributed by atoms with van der Waals surface area (Å²) in [5, 5.41) is 8.69. The van der Waals surface area contributed by atoms with Crippen LogP contribution in [0.1, 0.15) is 10.4 Å². The second kappa shape index (κ2) is 5.63. The monoisotopic (exact) mass is 227 g/mol. The highest BCUT2D eigenvalue weighted by Gasteiger charge is 2.12. The molecule has 0 unspecified atom stereocenters. The number of hydrogen-bond acceptors (Lipinski definition) is 5. The molecule has 3 N–H and O–H groups in total. The summed E-state index contributed by atoms with van der Waals surface area (Å²) in [7, 11) is 1.31. The van der Waals surface area contributed by atoms with Gasteiger partial charge in [0.15, 0.2) is 0 Å². The minimum Gasteiger partial charge on any atom is -0.465 e. The highest BCUT2D eigenvalue weighted by Crippen LogP contribution is 2.27. The van der Waals surface area contributed by atoms with Gasteiger partial charge >= 0.3 is 5.97 Å². The standard InChI is InChI=1S/C10H13NO3S/c1-14-10(13)7-3-2-4-8(9(7)11)15-6-5-12/h2-4,12H,5-6,11H2,1H3. The van der Waals surface area contributed by atoms with Gasteiger partial charge in [0.05, 0.1) is 25.0 Å². The molecular formula is C10H13NO3S. The topological polar surface area (TPSA) is 72.5 Å². The lowest BCUT2D eigenvalue weighted by Crippen LogP contribution is -2.06. The summed E-state index contributed by atoms with van der Waals surface area (Å²) in [6.07, 6.45) is 0. The number of esters is 1. The van der Waals surface area contributed by atoms with Crippen molar-refractivity contribution in [2.75, 3.05) is 25.2 Å². The second-order valence-electron chi connectivity index (χ2n) is 2.78. The first-order valence-corrected chi connectivity index (χ1v) is 5.39. The molecule has 0 aliphatic carbocycles. The number of para-hydroxylation sites is 1. The molecule has 0 aromatic heterocycles. The maximum absolute atomic E-state index is 11.3. The number of rotatable bonds is 4. The summed E-state index contributed by atoms with van der Waals surface area (Å²) in [4.78, 5) is 12.1. The highest BCUT2D eigenvalue weighted by molar-refractivity contribution is 7.99. The Morgan fingerprint density at radius 2 is 2.33 bits per heavy atom. The lowest BCUT2D eigenvalue weighted by molar-refractivity contribution is 0.0601. The molecule has 0 saturated heterocycles. The second-order valence-corrected chi connectivity index (χ2v) is 3.92. The number of carbonyl (C=O) groups excluding carboxylic acids is 1. The SMILES string of the molecule is COC(=O)c1cccc(SCCO)c1N. The molecule has 0 bridgehead atoms. The molecule has 15 heavy (non-hydrogen) atoms. The van der Waals surface area contributed by atoms with Crippen LogP contribution in [-0.2, 0) is 4.74 Å². The number of aliphatic hydroxyl groups is 1. The number of aliphatic hydroxyl groups excluding tert-OH is 1. The van der Waals surface area contributed by atoms with Gasteiger partial charge in [0.25, 0.3) is 0 Å². The van der Waals surface area contributed by atoms with E-state index in [0.717, 1.165) is 4.90 Å². The van der Waals surface area contributed by atoms with Gasteiger partial charge < -0.3 is 15.6 Å². The molecule has 0 fully saturated rings. The smallest absolute Gasteiger partial charge is 0.339 e. The molecule has 0 amide bonds. The summed E-state index contributed by atoms with van der Waals surface area (Å²) in [5.41, 5.74) is 6.56. The normalized spacial score (nSPS) is 10.0. The summed E-state index contributed by atoms with van der Waals surface area (Å²) in [6, 6.07) is 5.16. The first-order valence-electron chi connectivity index (χ1n) is 4.41. The molecule has 0 spiro atoms. The molecule has 1 aromatic carbocycles. The number of thioether (sulfide) groups is 1. The lowest BCUT2D eigenvalue weighted by Gasteiger charge is -2.08. The Hall–Kier alpha value is -1.20. The van der Waals surface area contributed by atoms with E-state index in [1.807, 2.05) is 6.07 Å². The van der Waals surface area contributed by atoms with Gasteiger partial charge in [0.2, 0.25) is 0 Å². The van der Waals surface area contributed by atoms with E-state index in [-0.39, 0.29) is 6.61 Å². The van der Waals surface area contributed by atoms with E-state index in [2.05, 4.69) is 4.74 Å². The fourth-order valence-corrected chi connectivity index (χ4v) is 1.86. The van der Waals surface area contributed by atoms with Crippen LogP contribution in [-0.4, -0.2) is 30.5 Å². The predicted molar refractivity (Wildman–Crippen MR) is 60.0 cm³/mol. The Bertz CT molecular complexity index is 355. The number of methoxy groups -OCH3 is 1. The van der Waals surface area contributed by atoms with Crippen LogP contribution in [0.2, 0.25) is 0 Å². The molecule has 1 aromatic rings. The fraction of sp³-hybridized carbons (Fsp3) is 0.300. The van der Waals surface area contributed by atoms with Gasteiger partial charge in [-0.05, 0) is 12.1 Å². The van der Waals surface area contributed by atoms with E-state index in [0.29, 0.717) is 17.0 Å². The molecule has 0 atom stereocenters. The van der Waals surface area contributed by atoms with Crippen LogP contribution in [0.3, 0.4) is 0 Å². The van der Waals surface area contributed by atoms with Crippen molar-refractivity contribution in [2.45, 2.75) is 4.90 Å². The van der Waals surface area contributed by atoms with Crippen molar-refractivity contribution in [3.8, 4) is 0 Å². The van der Waals surface area contributed by atoms with Crippen LogP contribution in [0.15, 0.2) is 23.1 Å². The lowest BCUT2D eigenvalue weighted by atomic mass is 10.2. The van der Waals surface area contributed by atoms with Crippen LogP contribution >= 0.6 is 11.8 Å².